The first-order chi connectivity index (χ1) is 9.15. The van der Waals surface area contributed by atoms with E-state index in [9.17, 15) is 4.79 Å². The third-order valence-corrected chi connectivity index (χ3v) is 3.85. The summed E-state index contributed by atoms with van der Waals surface area (Å²) < 4.78 is 0. The number of nitrogen functional groups attached to an aromatic ring is 1. The minimum atomic E-state index is 0.00810. The Balaban J connectivity index is 2.22. The number of carbonyl (C=O) groups is 1. The molecule has 3 N–H and O–H groups in total. The van der Waals surface area contributed by atoms with Gasteiger partial charge < -0.3 is 15.7 Å². The van der Waals surface area contributed by atoms with Crippen LogP contribution in [0.5, 0.6) is 0 Å². The summed E-state index contributed by atoms with van der Waals surface area (Å²) in [6, 6.07) is 5.86. The molecule has 1 aromatic rings. The van der Waals surface area contributed by atoms with Crippen molar-refractivity contribution in [3.63, 3.8) is 0 Å². The van der Waals surface area contributed by atoms with Gasteiger partial charge in [-0.25, -0.2) is 0 Å². The number of aliphatic hydroxyl groups excluding tert-OH is 1. The molecular weight excluding hydrogens is 240 g/mol. The molecule has 0 aliphatic heterocycles. The Bertz CT molecular complexity index is 435. The molecule has 4 nitrogen and oxygen atoms in total. The van der Waals surface area contributed by atoms with Crippen molar-refractivity contribution in [2.75, 3.05) is 18.9 Å². The fraction of sp³-hybridized carbons (Fsp3) is 0.533. The Morgan fingerprint density at radius 3 is 2.74 bits per heavy atom. The van der Waals surface area contributed by atoms with E-state index in [2.05, 4.69) is 0 Å². The number of rotatable bonds is 5. The van der Waals surface area contributed by atoms with Crippen LogP contribution in [-0.2, 0) is 0 Å². The molecule has 0 saturated heterocycles. The number of hydrogen-bond acceptors (Lipinski definition) is 3. The number of nitrogens with zero attached hydrogens (tertiary/aromatic N) is 1. The van der Waals surface area contributed by atoms with Gasteiger partial charge in [0.2, 0.25) is 0 Å². The molecule has 0 unspecified atom stereocenters. The van der Waals surface area contributed by atoms with Crippen LogP contribution >= 0.6 is 0 Å². The second-order valence-electron chi connectivity index (χ2n) is 5.20. The molecule has 4 heteroatoms. The van der Waals surface area contributed by atoms with Gasteiger partial charge in [-0.05, 0) is 44.2 Å². The first kappa shape index (κ1) is 13.9. The highest BCUT2D eigenvalue weighted by Gasteiger charge is 2.30. The number of benzene rings is 1. The number of amides is 1. The average molecular weight is 262 g/mol. The Morgan fingerprint density at radius 1 is 1.47 bits per heavy atom. The van der Waals surface area contributed by atoms with Crippen molar-refractivity contribution >= 4 is 11.6 Å². The Hall–Kier alpha value is -1.55. The maximum atomic E-state index is 12.7. The van der Waals surface area contributed by atoms with E-state index in [0.29, 0.717) is 30.3 Å². The summed E-state index contributed by atoms with van der Waals surface area (Å²) in [6.07, 6.45) is 3.91. The number of aryl methyl sites for hydroxylation is 1. The smallest absolute Gasteiger partial charge is 0.256 e. The molecule has 0 spiro atoms. The Labute approximate surface area is 114 Å². The molecule has 2 rings (SSSR count). The van der Waals surface area contributed by atoms with E-state index < -0.39 is 0 Å². The molecule has 0 aromatic heterocycles. The van der Waals surface area contributed by atoms with E-state index >= 15 is 0 Å². The van der Waals surface area contributed by atoms with Crippen LogP contribution in [0.15, 0.2) is 18.2 Å². The first-order valence-electron chi connectivity index (χ1n) is 6.92. The number of anilines is 1. The predicted molar refractivity (Wildman–Crippen MR) is 76.0 cm³/mol. The van der Waals surface area contributed by atoms with Crippen molar-refractivity contribution in [2.24, 2.45) is 0 Å². The summed E-state index contributed by atoms with van der Waals surface area (Å²) >= 11 is 0. The van der Waals surface area contributed by atoms with Crippen molar-refractivity contribution in [3.05, 3.63) is 29.3 Å². The van der Waals surface area contributed by atoms with Crippen molar-refractivity contribution in [3.8, 4) is 0 Å². The lowest BCUT2D eigenvalue weighted by Gasteiger charge is -2.38. The molecule has 0 radical (unpaired) electrons. The molecule has 0 bridgehead atoms. The topological polar surface area (TPSA) is 66.6 Å². The minimum Gasteiger partial charge on any atom is -0.398 e. The van der Waals surface area contributed by atoms with Gasteiger partial charge in [0.05, 0.1) is 5.56 Å². The van der Waals surface area contributed by atoms with Crippen LogP contribution in [0.25, 0.3) is 0 Å². The van der Waals surface area contributed by atoms with Gasteiger partial charge in [0.15, 0.2) is 0 Å². The fourth-order valence-electron chi connectivity index (χ4n) is 2.52. The highest BCUT2D eigenvalue weighted by atomic mass is 16.3. The lowest BCUT2D eigenvalue weighted by Crippen LogP contribution is -2.45. The molecule has 1 aromatic carbocycles. The second kappa shape index (κ2) is 6.06. The van der Waals surface area contributed by atoms with Crippen molar-refractivity contribution in [1.82, 2.24) is 4.90 Å². The molecule has 1 aliphatic rings. The number of carbonyl (C=O) groups excluding carboxylic acids is 1. The maximum Gasteiger partial charge on any atom is 0.256 e. The highest BCUT2D eigenvalue weighted by molar-refractivity contribution is 6.00. The summed E-state index contributed by atoms with van der Waals surface area (Å²) in [5.74, 6) is 0.00810. The largest absolute Gasteiger partial charge is 0.398 e. The van der Waals surface area contributed by atoms with E-state index in [1.54, 1.807) is 6.07 Å². The zero-order chi connectivity index (χ0) is 13.8. The second-order valence-corrected chi connectivity index (χ2v) is 5.20. The maximum absolute atomic E-state index is 12.7. The van der Waals surface area contributed by atoms with Gasteiger partial charge in [0, 0.05) is 24.9 Å². The molecule has 1 aliphatic carbocycles. The molecule has 104 valence electrons. The zero-order valence-corrected chi connectivity index (χ0v) is 11.4. The summed E-state index contributed by atoms with van der Waals surface area (Å²) in [5.41, 5.74) is 8.02. The lowest BCUT2D eigenvalue weighted by molar-refractivity contribution is 0.0563. The summed E-state index contributed by atoms with van der Waals surface area (Å²) in [7, 11) is 0. The summed E-state index contributed by atoms with van der Waals surface area (Å²) in [6.45, 7) is 2.63. The number of hydrogen-bond donors (Lipinski definition) is 2. The van der Waals surface area contributed by atoms with Gasteiger partial charge in [-0.3, -0.25) is 4.79 Å². The van der Waals surface area contributed by atoms with Crippen LogP contribution in [0, 0.1) is 6.92 Å². The quantitative estimate of drug-likeness (QED) is 0.797. The van der Waals surface area contributed by atoms with Gasteiger partial charge in [-0.1, -0.05) is 12.1 Å². The Morgan fingerprint density at radius 2 is 2.21 bits per heavy atom. The van der Waals surface area contributed by atoms with Crippen molar-refractivity contribution in [2.45, 2.75) is 38.6 Å². The highest BCUT2D eigenvalue weighted by Crippen LogP contribution is 2.28. The lowest BCUT2D eigenvalue weighted by atomic mass is 9.90. The predicted octanol–water partition coefficient (Wildman–Crippen LogP) is 1.95. The molecule has 19 heavy (non-hydrogen) atoms. The van der Waals surface area contributed by atoms with Crippen LogP contribution < -0.4 is 5.73 Å². The first-order valence-corrected chi connectivity index (χ1v) is 6.92. The molecule has 0 atom stereocenters. The van der Waals surface area contributed by atoms with Gasteiger partial charge in [0.1, 0.15) is 0 Å². The monoisotopic (exact) mass is 262 g/mol. The summed E-state index contributed by atoms with van der Waals surface area (Å²) in [4.78, 5) is 14.6. The third-order valence-electron chi connectivity index (χ3n) is 3.85. The zero-order valence-electron chi connectivity index (χ0n) is 11.4. The SMILES string of the molecule is Cc1cccc(N)c1C(=O)N(CCCO)C1CCC1. The standard InChI is InChI=1S/C15H22N2O2/c1-11-5-2-8-13(16)14(11)15(19)17(9-4-10-18)12-6-3-7-12/h2,5,8,12,18H,3-4,6-7,9-10,16H2,1H3. The Kier molecular flexibility index (Phi) is 4.43. The van der Waals surface area contributed by atoms with Crippen LogP contribution in [0.4, 0.5) is 5.69 Å². The van der Waals surface area contributed by atoms with Crippen LogP contribution in [0.2, 0.25) is 0 Å². The molecule has 1 saturated carbocycles. The molecule has 1 amide bonds. The van der Waals surface area contributed by atoms with E-state index in [1.807, 2.05) is 24.0 Å². The van der Waals surface area contributed by atoms with Crippen LogP contribution in [0.3, 0.4) is 0 Å². The van der Waals surface area contributed by atoms with Crippen LogP contribution in [0.1, 0.15) is 41.6 Å². The summed E-state index contributed by atoms with van der Waals surface area (Å²) in [5, 5.41) is 8.99. The van der Waals surface area contributed by atoms with Crippen molar-refractivity contribution in [1.29, 1.82) is 0 Å². The third kappa shape index (κ3) is 2.89. The molecular formula is C15H22N2O2. The van der Waals surface area contributed by atoms with E-state index in [4.69, 9.17) is 10.8 Å². The van der Waals surface area contributed by atoms with E-state index in [0.717, 1.165) is 18.4 Å². The van der Waals surface area contributed by atoms with Gasteiger partial charge in [-0.15, -0.1) is 0 Å². The van der Waals surface area contributed by atoms with Gasteiger partial charge in [0.25, 0.3) is 5.91 Å². The van der Waals surface area contributed by atoms with Gasteiger partial charge in [-0.2, -0.15) is 0 Å². The van der Waals surface area contributed by atoms with Crippen LogP contribution in [-0.4, -0.2) is 35.1 Å². The number of aliphatic hydroxyl groups is 1. The molecule has 1 fully saturated rings. The minimum absolute atomic E-state index is 0.00810. The normalized spacial score (nSPS) is 15.1. The van der Waals surface area contributed by atoms with Gasteiger partial charge >= 0.3 is 0 Å². The number of nitrogens with two attached hydrogens (primary N) is 1. The van der Waals surface area contributed by atoms with E-state index in [-0.39, 0.29) is 12.5 Å². The molecule has 0 heterocycles. The van der Waals surface area contributed by atoms with Crippen molar-refractivity contribution < 1.29 is 9.90 Å². The fourth-order valence-corrected chi connectivity index (χ4v) is 2.52. The average Bonchev–Trinajstić information content (AvgIpc) is 2.31. The van der Waals surface area contributed by atoms with E-state index in [1.165, 1.54) is 6.42 Å².